The molecule has 0 aliphatic heterocycles. The second kappa shape index (κ2) is 5.88. The minimum absolute atomic E-state index is 0.110. The number of aromatic nitrogens is 2. The normalized spacial score (nSPS) is 10.4. The summed E-state index contributed by atoms with van der Waals surface area (Å²) in [5.74, 6) is 0.828. The van der Waals surface area contributed by atoms with Crippen molar-refractivity contribution < 1.29 is 5.11 Å². The van der Waals surface area contributed by atoms with E-state index in [1.807, 2.05) is 18.7 Å². The molecule has 0 bridgehead atoms. The first-order valence-corrected chi connectivity index (χ1v) is 5.47. The van der Waals surface area contributed by atoms with E-state index in [4.69, 9.17) is 16.7 Å². The second-order valence-electron chi connectivity index (χ2n) is 3.12. The SMILES string of the molecule is CCc1c(Cl)ncnc1N(CC)CCO. The maximum absolute atomic E-state index is 8.94. The lowest BCUT2D eigenvalue weighted by atomic mass is 10.2. The van der Waals surface area contributed by atoms with Crippen molar-refractivity contribution in [2.24, 2.45) is 0 Å². The van der Waals surface area contributed by atoms with E-state index in [9.17, 15) is 0 Å². The minimum atomic E-state index is 0.110. The molecule has 84 valence electrons. The van der Waals surface area contributed by atoms with Crippen molar-refractivity contribution in [1.82, 2.24) is 9.97 Å². The summed E-state index contributed by atoms with van der Waals surface area (Å²) < 4.78 is 0. The third kappa shape index (κ3) is 2.79. The Balaban J connectivity index is 3.04. The molecule has 1 rings (SSSR count). The molecule has 5 heteroatoms. The molecule has 1 aromatic heterocycles. The fourth-order valence-corrected chi connectivity index (χ4v) is 1.76. The van der Waals surface area contributed by atoms with Crippen LogP contribution in [-0.4, -0.2) is 34.8 Å². The molecule has 4 nitrogen and oxygen atoms in total. The van der Waals surface area contributed by atoms with E-state index in [1.54, 1.807) is 0 Å². The highest BCUT2D eigenvalue weighted by atomic mass is 35.5. The Morgan fingerprint density at radius 2 is 2.13 bits per heavy atom. The zero-order chi connectivity index (χ0) is 11.3. The van der Waals surface area contributed by atoms with E-state index < -0.39 is 0 Å². The molecule has 0 spiro atoms. The number of aliphatic hydroxyl groups is 1. The smallest absolute Gasteiger partial charge is 0.137 e. The van der Waals surface area contributed by atoms with Gasteiger partial charge in [-0.05, 0) is 13.3 Å². The first-order valence-electron chi connectivity index (χ1n) is 5.09. The van der Waals surface area contributed by atoms with Crippen LogP contribution in [0.5, 0.6) is 0 Å². The number of aliphatic hydroxyl groups excluding tert-OH is 1. The molecule has 15 heavy (non-hydrogen) atoms. The second-order valence-corrected chi connectivity index (χ2v) is 3.48. The number of hydrogen-bond donors (Lipinski definition) is 1. The van der Waals surface area contributed by atoms with Gasteiger partial charge in [0.25, 0.3) is 0 Å². The van der Waals surface area contributed by atoms with Gasteiger partial charge in [0.1, 0.15) is 17.3 Å². The molecule has 0 atom stereocenters. The van der Waals surface area contributed by atoms with Gasteiger partial charge in [-0.25, -0.2) is 9.97 Å². The van der Waals surface area contributed by atoms with Gasteiger partial charge < -0.3 is 10.0 Å². The predicted octanol–water partition coefficient (Wildman–Crippen LogP) is 1.51. The van der Waals surface area contributed by atoms with E-state index in [0.717, 1.165) is 24.3 Å². The molecule has 0 unspecified atom stereocenters. The highest BCUT2D eigenvalue weighted by Gasteiger charge is 2.13. The number of likely N-dealkylation sites (N-methyl/N-ethyl adjacent to an activating group) is 1. The van der Waals surface area contributed by atoms with Crippen molar-refractivity contribution in [3.8, 4) is 0 Å². The lowest BCUT2D eigenvalue weighted by Crippen LogP contribution is -2.28. The van der Waals surface area contributed by atoms with E-state index in [2.05, 4.69) is 9.97 Å². The van der Waals surface area contributed by atoms with Gasteiger partial charge in [0, 0.05) is 18.7 Å². The molecule has 0 saturated carbocycles. The van der Waals surface area contributed by atoms with Crippen LogP contribution in [0.25, 0.3) is 0 Å². The summed E-state index contributed by atoms with van der Waals surface area (Å²) in [5.41, 5.74) is 0.939. The highest BCUT2D eigenvalue weighted by Crippen LogP contribution is 2.23. The maximum Gasteiger partial charge on any atom is 0.137 e. The standard InChI is InChI=1S/C10H16ClN3O/c1-3-8-9(11)12-7-13-10(8)14(4-2)5-6-15/h7,15H,3-6H2,1-2H3. The molecule has 0 aliphatic carbocycles. The summed E-state index contributed by atoms with van der Waals surface area (Å²) in [7, 11) is 0. The van der Waals surface area contributed by atoms with Gasteiger partial charge in [-0.15, -0.1) is 0 Å². The zero-order valence-corrected chi connectivity index (χ0v) is 9.83. The summed E-state index contributed by atoms with van der Waals surface area (Å²) in [4.78, 5) is 10.2. The summed E-state index contributed by atoms with van der Waals surface area (Å²) >= 11 is 5.99. The van der Waals surface area contributed by atoms with Crippen LogP contribution in [0.4, 0.5) is 5.82 Å². The van der Waals surface area contributed by atoms with Crippen LogP contribution >= 0.6 is 11.6 Å². The lowest BCUT2D eigenvalue weighted by molar-refractivity contribution is 0.302. The van der Waals surface area contributed by atoms with Crippen LogP contribution < -0.4 is 4.90 Å². The molecule has 0 saturated heterocycles. The van der Waals surface area contributed by atoms with Crippen LogP contribution in [0.1, 0.15) is 19.4 Å². The summed E-state index contributed by atoms with van der Waals surface area (Å²) in [6.45, 7) is 5.50. The van der Waals surface area contributed by atoms with Gasteiger partial charge in [0.15, 0.2) is 0 Å². The molecular weight excluding hydrogens is 214 g/mol. The van der Waals surface area contributed by atoms with Crippen molar-refractivity contribution in [1.29, 1.82) is 0 Å². The maximum atomic E-state index is 8.94. The molecule has 0 aromatic carbocycles. The molecule has 0 fully saturated rings. The Morgan fingerprint density at radius 3 is 2.67 bits per heavy atom. The molecule has 0 aliphatic rings. The Morgan fingerprint density at radius 1 is 1.40 bits per heavy atom. The molecule has 0 radical (unpaired) electrons. The fraction of sp³-hybridized carbons (Fsp3) is 0.600. The predicted molar refractivity (Wildman–Crippen MR) is 61.4 cm³/mol. The highest BCUT2D eigenvalue weighted by molar-refractivity contribution is 6.30. The van der Waals surface area contributed by atoms with Crippen LogP contribution in [0.15, 0.2) is 6.33 Å². The summed E-state index contributed by atoms with van der Waals surface area (Å²) in [6.07, 6.45) is 2.24. The number of halogens is 1. The molecular formula is C10H16ClN3O. The van der Waals surface area contributed by atoms with Gasteiger partial charge in [-0.3, -0.25) is 0 Å². The topological polar surface area (TPSA) is 49.2 Å². The average molecular weight is 230 g/mol. The van der Waals surface area contributed by atoms with Crippen molar-refractivity contribution in [3.05, 3.63) is 17.0 Å². The van der Waals surface area contributed by atoms with Gasteiger partial charge in [-0.2, -0.15) is 0 Å². The number of hydrogen-bond acceptors (Lipinski definition) is 4. The third-order valence-corrected chi connectivity index (χ3v) is 2.60. The van der Waals surface area contributed by atoms with Crippen molar-refractivity contribution in [2.45, 2.75) is 20.3 Å². The monoisotopic (exact) mass is 229 g/mol. The number of anilines is 1. The van der Waals surface area contributed by atoms with Crippen LogP contribution in [0, 0.1) is 0 Å². The van der Waals surface area contributed by atoms with Crippen LogP contribution in [0.2, 0.25) is 5.15 Å². The first kappa shape index (κ1) is 12.2. The van der Waals surface area contributed by atoms with Crippen molar-refractivity contribution in [2.75, 3.05) is 24.6 Å². The van der Waals surface area contributed by atoms with Crippen molar-refractivity contribution >= 4 is 17.4 Å². The van der Waals surface area contributed by atoms with E-state index in [1.165, 1.54) is 6.33 Å². The number of nitrogens with zero attached hydrogens (tertiary/aromatic N) is 3. The van der Waals surface area contributed by atoms with Gasteiger partial charge in [-0.1, -0.05) is 18.5 Å². The largest absolute Gasteiger partial charge is 0.395 e. The quantitative estimate of drug-likeness (QED) is 0.778. The third-order valence-electron chi connectivity index (χ3n) is 2.27. The molecule has 1 heterocycles. The van der Waals surface area contributed by atoms with E-state index in [0.29, 0.717) is 11.7 Å². The fourth-order valence-electron chi connectivity index (χ4n) is 1.49. The molecule has 1 aromatic rings. The van der Waals surface area contributed by atoms with Gasteiger partial charge in [0.2, 0.25) is 0 Å². The summed E-state index contributed by atoms with van der Waals surface area (Å²) in [6, 6.07) is 0. The van der Waals surface area contributed by atoms with Gasteiger partial charge in [0.05, 0.1) is 6.61 Å². The Labute approximate surface area is 94.9 Å². The first-order chi connectivity index (χ1) is 7.24. The minimum Gasteiger partial charge on any atom is -0.395 e. The Kier molecular flexibility index (Phi) is 4.78. The van der Waals surface area contributed by atoms with Crippen molar-refractivity contribution in [3.63, 3.8) is 0 Å². The molecule has 0 amide bonds. The zero-order valence-electron chi connectivity index (χ0n) is 9.07. The van der Waals surface area contributed by atoms with E-state index in [-0.39, 0.29) is 6.61 Å². The average Bonchev–Trinajstić information content (AvgIpc) is 2.25. The summed E-state index contributed by atoms with van der Waals surface area (Å²) in [5, 5.41) is 9.44. The Hall–Kier alpha value is -0.870. The molecule has 1 N–H and O–H groups in total. The van der Waals surface area contributed by atoms with Crippen LogP contribution in [-0.2, 0) is 6.42 Å². The van der Waals surface area contributed by atoms with Crippen LogP contribution in [0.3, 0.4) is 0 Å². The van der Waals surface area contributed by atoms with E-state index >= 15 is 0 Å². The Bertz CT molecular complexity index is 320. The number of rotatable bonds is 5. The lowest BCUT2D eigenvalue weighted by Gasteiger charge is -2.23. The van der Waals surface area contributed by atoms with Gasteiger partial charge >= 0.3 is 0 Å².